The van der Waals surface area contributed by atoms with Gasteiger partial charge in [-0.05, 0) is 12.1 Å². The third-order valence-electron chi connectivity index (χ3n) is 1.98. The molecule has 84 valence electrons. The number of hydrogen-bond acceptors (Lipinski definition) is 6. The van der Waals surface area contributed by atoms with E-state index in [0.717, 1.165) is 5.82 Å². The zero-order chi connectivity index (χ0) is 11.4. The maximum absolute atomic E-state index is 5.65. The number of anilines is 2. The number of rotatable bonds is 4. The van der Waals surface area contributed by atoms with Crippen LogP contribution in [0.15, 0.2) is 18.5 Å². The summed E-state index contributed by atoms with van der Waals surface area (Å²) >= 11 is 0. The van der Waals surface area contributed by atoms with Crippen molar-refractivity contribution in [1.29, 1.82) is 0 Å². The van der Waals surface area contributed by atoms with Gasteiger partial charge in [-0.3, -0.25) is 5.10 Å². The molecule has 0 aliphatic rings. The molecule has 0 amide bonds. The van der Waals surface area contributed by atoms with Crippen molar-refractivity contribution in [3.63, 3.8) is 0 Å². The van der Waals surface area contributed by atoms with Crippen molar-refractivity contribution in [2.45, 2.75) is 6.54 Å². The Morgan fingerprint density at radius 1 is 1.50 bits per heavy atom. The van der Waals surface area contributed by atoms with Crippen molar-refractivity contribution in [2.75, 3.05) is 18.2 Å². The van der Waals surface area contributed by atoms with Gasteiger partial charge < -0.3 is 15.8 Å². The Kier molecular flexibility index (Phi) is 2.86. The van der Waals surface area contributed by atoms with Crippen molar-refractivity contribution in [3.05, 3.63) is 24.3 Å². The molecule has 0 unspecified atom stereocenters. The molecule has 7 heteroatoms. The van der Waals surface area contributed by atoms with E-state index in [0.29, 0.717) is 23.9 Å². The molecule has 0 atom stereocenters. The molecule has 2 aromatic rings. The number of methoxy groups -OCH3 is 1. The zero-order valence-electron chi connectivity index (χ0n) is 8.77. The van der Waals surface area contributed by atoms with Gasteiger partial charge in [-0.2, -0.15) is 10.1 Å². The number of nitrogen functional groups attached to an aromatic ring is 1. The first-order valence-corrected chi connectivity index (χ1v) is 4.68. The van der Waals surface area contributed by atoms with Gasteiger partial charge in [-0.1, -0.05) is 0 Å². The second-order valence-electron chi connectivity index (χ2n) is 3.08. The van der Waals surface area contributed by atoms with Crippen LogP contribution < -0.4 is 15.8 Å². The highest BCUT2D eigenvalue weighted by Gasteiger charge is 2.03. The van der Waals surface area contributed by atoms with Crippen molar-refractivity contribution < 1.29 is 4.74 Å². The maximum atomic E-state index is 5.65. The molecular weight excluding hydrogens is 208 g/mol. The van der Waals surface area contributed by atoms with Gasteiger partial charge in [0.2, 0.25) is 5.88 Å². The molecule has 2 aromatic heterocycles. The second-order valence-corrected chi connectivity index (χ2v) is 3.08. The fraction of sp³-hybridized carbons (Fsp3) is 0.222. The zero-order valence-corrected chi connectivity index (χ0v) is 8.77. The first-order valence-electron chi connectivity index (χ1n) is 4.68. The molecule has 0 fully saturated rings. The van der Waals surface area contributed by atoms with Crippen LogP contribution in [0.1, 0.15) is 5.82 Å². The number of aromatic nitrogens is 4. The summed E-state index contributed by atoms with van der Waals surface area (Å²) in [6.45, 7) is 0.514. The van der Waals surface area contributed by atoms with E-state index in [9.17, 15) is 0 Å². The van der Waals surface area contributed by atoms with Crippen LogP contribution in [0.25, 0.3) is 0 Å². The summed E-state index contributed by atoms with van der Waals surface area (Å²) < 4.78 is 5.01. The molecule has 0 aromatic carbocycles. The van der Waals surface area contributed by atoms with E-state index in [1.165, 1.54) is 13.4 Å². The van der Waals surface area contributed by atoms with Gasteiger partial charge in [0.05, 0.1) is 19.3 Å². The van der Waals surface area contributed by atoms with Gasteiger partial charge >= 0.3 is 0 Å². The van der Waals surface area contributed by atoms with Crippen LogP contribution in [-0.4, -0.2) is 27.3 Å². The van der Waals surface area contributed by atoms with Crippen molar-refractivity contribution >= 4 is 11.5 Å². The van der Waals surface area contributed by atoms with E-state index >= 15 is 0 Å². The van der Waals surface area contributed by atoms with Gasteiger partial charge in [0.25, 0.3) is 0 Å². The number of nitrogens with one attached hydrogen (secondary N) is 2. The first kappa shape index (κ1) is 10.2. The minimum absolute atomic E-state index is 0.405. The predicted octanol–water partition coefficient (Wildman–Crippen LogP) is 0.403. The number of nitrogens with two attached hydrogens (primary N) is 1. The van der Waals surface area contributed by atoms with Gasteiger partial charge in [-0.15, -0.1) is 0 Å². The second kappa shape index (κ2) is 4.47. The smallest absolute Gasteiger partial charge is 0.238 e. The number of hydrogen-bond donors (Lipinski definition) is 3. The van der Waals surface area contributed by atoms with E-state index in [1.54, 1.807) is 12.1 Å². The van der Waals surface area contributed by atoms with Crippen molar-refractivity contribution in [1.82, 2.24) is 20.2 Å². The minimum Gasteiger partial charge on any atom is -0.479 e. The summed E-state index contributed by atoms with van der Waals surface area (Å²) in [6, 6.07) is 3.50. The highest BCUT2D eigenvalue weighted by atomic mass is 16.5. The van der Waals surface area contributed by atoms with E-state index in [2.05, 4.69) is 25.5 Å². The fourth-order valence-corrected chi connectivity index (χ4v) is 1.20. The van der Waals surface area contributed by atoms with Crippen LogP contribution in [0.4, 0.5) is 11.5 Å². The summed E-state index contributed by atoms with van der Waals surface area (Å²) in [7, 11) is 1.53. The number of aromatic amines is 1. The first-order chi connectivity index (χ1) is 7.79. The minimum atomic E-state index is 0.405. The maximum Gasteiger partial charge on any atom is 0.238 e. The summed E-state index contributed by atoms with van der Waals surface area (Å²) in [5, 5.41) is 9.55. The molecule has 7 nitrogen and oxygen atoms in total. The predicted molar refractivity (Wildman–Crippen MR) is 58.9 cm³/mol. The molecule has 2 heterocycles. The standard InChI is InChI=1S/C9H12N6O/c1-16-9-6(10)2-3-7(14-9)11-4-8-12-5-13-15-8/h2-3,5H,4,10H2,1H3,(H,11,14)(H,12,13,15). The van der Waals surface area contributed by atoms with E-state index < -0.39 is 0 Å². The Hall–Kier alpha value is -2.31. The Balaban J connectivity index is 2.04. The van der Waals surface area contributed by atoms with E-state index in [1.807, 2.05) is 0 Å². The normalized spacial score (nSPS) is 10.1. The third kappa shape index (κ3) is 2.19. The SMILES string of the molecule is COc1nc(NCc2ncn[nH]2)ccc1N. The Morgan fingerprint density at radius 3 is 3.06 bits per heavy atom. The van der Waals surface area contributed by atoms with E-state index in [4.69, 9.17) is 10.5 Å². The molecule has 16 heavy (non-hydrogen) atoms. The summed E-state index contributed by atoms with van der Waals surface area (Å²) in [5.74, 6) is 1.81. The van der Waals surface area contributed by atoms with Crippen molar-refractivity contribution in [3.8, 4) is 5.88 Å². The van der Waals surface area contributed by atoms with E-state index in [-0.39, 0.29) is 0 Å². The molecule has 0 spiro atoms. The number of nitrogens with zero attached hydrogens (tertiary/aromatic N) is 3. The lowest BCUT2D eigenvalue weighted by atomic mass is 10.4. The molecule has 0 saturated carbocycles. The average Bonchev–Trinajstić information content (AvgIpc) is 2.81. The topological polar surface area (TPSA) is 102 Å². The van der Waals surface area contributed by atoms with Crippen LogP contribution in [0.5, 0.6) is 5.88 Å². The number of pyridine rings is 1. The highest BCUT2D eigenvalue weighted by molar-refractivity contribution is 5.53. The van der Waals surface area contributed by atoms with Crippen LogP contribution in [-0.2, 0) is 6.54 Å². The lowest BCUT2D eigenvalue weighted by molar-refractivity contribution is 0.401. The molecule has 2 rings (SSSR count). The Bertz CT molecular complexity index is 455. The Morgan fingerprint density at radius 2 is 2.38 bits per heavy atom. The molecule has 0 bridgehead atoms. The molecule has 4 N–H and O–H groups in total. The monoisotopic (exact) mass is 220 g/mol. The third-order valence-corrected chi connectivity index (χ3v) is 1.98. The lowest BCUT2D eigenvalue weighted by Crippen LogP contribution is -2.04. The molecular formula is C9H12N6O. The molecule has 0 aliphatic carbocycles. The number of ether oxygens (including phenoxy) is 1. The molecule has 0 saturated heterocycles. The van der Waals surface area contributed by atoms with Gasteiger partial charge in [0.15, 0.2) is 0 Å². The summed E-state index contributed by atoms with van der Waals surface area (Å²) in [4.78, 5) is 8.15. The molecule has 0 aliphatic heterocycles. The van der Waals surface area contributed by atoms with Crippen LogP contribution in [0, 0.1) is 0 Å². The number of H-pyrrole nitrogens is 1. The van der Waals surface area contributed by atoms with Gasteiger partial charge in [0, 0.05) is 0 Å². The summed E-state index contributed by atoms with van der Waals surface area (Å²) in [6.07, 6.45) is 1.45. The highest BCUT2D eigenvalue weighted by Crippen LogP contribution is 2.20. The summed E-state index contributed by atoms with van der Waals surface area (Å²) in [5.41, 5.74) is 6.15. The Labute approximate surface area is 92.1 Å². The fourth-order valence-electron chi connectivity index (χ4n) is 1.20. The average molecular weight is 220 g/mol. The van der Waals surface area contributed by atoms with Crippen LogP contribution in [0.2, 0.25) is 0 Å². The molecule has 0 radical (unpaired) electrons. The van der Waals surface area contributed by atoms with Crippen LogP contribution >= 0.6 is 0 Å². The van der Waals surface area contributed by atoms with Gasteiger partial charge in [-0.25, -0.2) is 4.98 Å². The van der Waals surface area contributed by atoms with Crippen molar-refractivity contribution in [2.24, 2.45) is 0 Å². The lowest BCUT2D eigenvalue weighted by Gasteiger charge is -2.07. The van der Waals surface area contributed by atoms with Crippen LogP contribution in [0.3, 0.4) is 0 Å². The van der Waals surface area contributed by atoms with Gasteiger partial charge in [0.1, 0.15) is 18.0 Å². The largest absolute Gasteiger partial charge is 0.479 e. The quantitative estimate of drug-likeness (QED) is 0.689.